The molecule has 172 valence electrons. The first-order valence-corrected chi connectivity index (χ1v) is 11.4. The number of carbonyl (C=O) groups excluding carboxylic acids is 2. The molecule has 2 amide bonds. The fourth-order valence-electron chi connectivity index (χ4n) is 3.31. The average Bonchev–Trinajstić information content (AvgIpc) is 3.57. The molecule has 0 spiro atoms. The summed E-state index contributed by atoms with van der Waals surface area (Å²) < 4.78 is 15.6. The first-order chi connectivity index (χ1) is 17.1. The lowest BCUT2D eigenvalue weighted by Gasteiger charge is -2.11. The van der Waals surface area contributed by atoms with Crippen molar-refractivity contribution in [2.24, 2.45) is 0 Å². The Morgan fingerprint density at radius 1 is 0.857 bits per heavy atom. The van der Waals surface area contributed by atoms with E-state index in [9.17, 15) is 14.0 Å². The number of para-hydroxylation sites is 1. The molecule has 0 fully saturated rings. The van der Waals surface area contributed by atoms with Gasteiger partial charge in [-0.2, -0.15) is 0 Å². The Balaban J connectivity index is 1.45. The highest BCUT2D eigenvalue weighted by Crippen LogP contribution is 2.27. The van der Waals surface area contributed by atoms with Crippen LogP contribution in [0.3, 0.4) is 0 Å². The van der Waals surface area contributed by atoms with Crippen molar-refractivity contribution in [1.82, 2.24) is 19.7 Å². The van der Waals surface area contributed by atoms with Gasteiger partial charge in [-0.15, -0.1) is 16.4 Å². The molecule has 2 N–H and O–H groups in total. The van der Waals surface area contributed by atoms with E-state index >= 15 is 0 Å². The highest BCUT2D eigenvalue weighted by atomic mass is 32.1. The number of halogens is 1. The Labute approximate surface area is 203 Å². The van der Waals surface area contributed by atoms with Crippen LogP contribution in [0.1, 0.15) is 21.1 Å². The molecular weight excluding hydrogens is 467 g/mol. The molecule has 2 aromatic carbocycles. The second kappa shape index (κ2) is 9.65. The molecule has 5 aromatic rings. The van der Waals surface area contributed by atoms with Crippen LogP contribution in [0.25, 0.3) is 16.4 Å². The minimum Gasteiger partial charge on any atom is -0.319 e. The number of carbonyl (C=O) groups is 2. The molecular formula is C25H17FN6O2S. The van der Waals surface area contributed by atoms with Crippen LogP contribution in [0.5, 0.6) is 0 Å². The van der Waals surface area contributed by atoms with Crippen molar-refractivity contribution in [2.75, 3.05) is 10.6 Å². The molecule has 8 nitrogen and oxygen atoms in total. The van der Waals surface area contributed by atoms with E-state index in [2.05, 4.69) is 25.7 Å². The zero-order valence-electron chi connectivity index (χ0n) is 18.1. The Morgan fingerprint density at radius 3 is 2.40 bits per heavy atom. The van der Waals surface area contributed by atoms with Gasteiger partial charge in [-0.3, -0.25) is 14.6 Å². The van der Waals surface area contributed by atoms with Gasteiger partial charge in [0.2, 0.25) is 5.82 Å². The first kappa shape index (κ1) is 22.1. The predicted octanol–water partition coefficient (Wildman–Crippen LogP) is 5.03. The smallest absolute Gasteiger partial charge is 0.295 e. The molecule has 0 radical (unpaired) electrons. The Kier molecular flexibility index (Phi) is 6.10. The SMILES string of the molecule is O=C(Nc1ccc(F)cc1NC(=O)c1nc(-c2cccs2)n(-c2ccccc2)n1)c1ccccn1. The third-order valence-electron chi connectivity index (χ3n) is 4.93. The number of nitrogens with zero attached hydrogens (tertiary/aromatic N) is 4. The fraction of sp³-hybridized carbons (Fsp3) is 0. The fourth-order valence-corrected chi connectivity index (χ4v) is 4.01. The maximum Gasteiger partial charge on any atom is 0.295 e. The summed E-state index contributed by atoms with van der Waals surface area (Å²) in [4.78, 5) is 34.9. The summed E-state index contributed by atoms with van der Waals surface area (Å²) in [5.41, 5.74) is 1.18. The third-order valence-corrected chi connectivity index (χ3v) is 5.79. The van der Waals surface area contributed by atoms with Crippen LogP contribution in [0.2, 0.25) is 0 Å². The molecule has 0 aliphatic heterocycles. The maximum absolute atomic E-state index is 14.0. The van der Waals surface area contributed by atoms with Gasteiger partial charge in [0.15, 0.2) is 5.82 Å². The second-order valence-corrected chi connectivity index (χ2v) is 8.24. The number of thiophene rings is 1. The van der Waals surface area contributed by atoms with Gasteiger partial charge in [0.1, 0.15) is 11.5 Å². The van der Waals surface area contributed by atoms with Crippen LogP contribution >= 0.6 is 11.3 Å². The molecule has 3 heterocycles. The zero-order chi connectivity index (χ0) is 24.2. The lowest BCUT2D eigenvalue weighted by molar-refractivity contribution is 0.100. The van der Waals surface area contributed by atoms with E-state index in [0.29, 0.717) is 5.82 Å². The molecule has 10 heteroatoms. The molecule has 0 atom stereocenters. The molecule has 0 bridgehead atoms. The van der Waals surface area contributed by atoms with Crippen LogP contribution in [0.4, 0.5) is 15.8 Å². The number of anilines is 2. The topological polar surface area (TPSA) is 102 Å². The lowest BCUT2D eigenvalue weighted by atomic mass is 10.2. The quantitative estimate of drug-likeness (QED) is 0.352. The number of amides is 2. The van der Waals surface area contributed by atoms with Crippen molar-refractivity contribution in [2.45, 2.75) is 0 Å². The van der Waals surface area contributed by atoms with Crippen molar-refractivity contribution in [3.05, 3.63) is 108 Å². The first-order valence-electron chi connectivity index (χ1n) is 10.5. The van der Waals surface area contributed by atoms with Crippen LogP contribution < -0.4 is 10.6 Å². The monoisotopic (exact) mass is 484 g/mol. The van der Waals surface area contributed by atoms with Gasteiger partial charge in [0, 0.05) is 6.20 Å². The van der Waals surface area contributed by atoms with E-state index in [1.807, 2.05) is 47.8 Å². The molecule has 35 heavy (non-hydrogen) atoms. The maximum atomic E-state index is 14.0. The normalized spacial score (nSPS) is 10.7. The number of hydrogen-bond acceptors (Lipinski definition) is 6. The largest absolute Gasteiger partial charge is 0.319 e. The van der Waals surface area contributed by atoms with Gasteiger partial charge in [-0.05, 0) is 53.9 Å². The van der Waals surface area contributed by atoms with Crippen LogP contribution in [-0.4, -0.2) is 31.6 Å². The van der Waals surface area contributed by atoms with E-state index in [1.165, 1.54) is 29.7 Å². The number of benzene rings is 2. The second-order valence-electron chi connectivity index (χ2n) is 7.30. The Hall–Kier alpha value is -4.70. The molecule has 0 saturated heterocycles. The summed E-state index contributed by atoms with van der Waals surface area (Å²) >= 11 is 1.46. The highest BCUT2D eigenvalue weighted by molar-refractivity contribution is 7.13. The summed E-state index contributed by atoms with van der Waals surface area (Å²) in [6.07, 6.45) is 1.49. The molecule has 0 saturated carbocycles. The minimum absolute atomic E-state index is 0.0630. The van der Waals surface area contributed by atoms with Crippen molar-refractivity contribution >= 4 is 34.5 Å². The van der Waals surface area contributed by atoms with Crippen molar-refractivity contribution in [3.8, 4) is 16.4 Å². The zero-order valence-corrected chi connectivity index (χ0v) is 18.9. The minimum atomic E-state index is -0.656. The number of pyridine rings is 1. The molecule has 0 aliphatic rings. The Morgan fingerprint density at radius 2 is 1.66 bits per heavy atom. The summed E-state index contributed by atoms with van der Waals surface area (Å²) in [6, 6.07) is 21.6. The van der Waals surface area contributed by atoms with E-state index in [1.54, 1.807) is 22.9 Å². The highest BCUT2D eigenvalue weighted by Gasteiger charge is 2.21. The summed E-state index contributed by atoms with van der Waals surface area (Å²) in [7, 11) is 0. The Bertz CT molecular complexity index is 1490. The van der Waals surface area contributed by atoms with Gasteiger partial charge >= 0.3 is 0 Å². The van der Waals surface area contributed by atoms with E-state index in [-0.39, 0.29) is 22.9 Å². The van der Waals surface area contributed by atoms with Gasteiger partial charge < -0.3 is 10.6 Å². The van der Waals surface area contributed by atoms with Gasteiger partial charge in [-0.25, -0.2) is 14.1 Å². The third kappa shape index (κ3) is 4.82. The van der Waals surface area contributed by atoms with Gasteiger partial charge in [0.05, 0.1) is 21.9 Å². The summed E-state index contributed by atoms with van der Waals surface area (Å²) in [5.74, 6) is -1.35. The van der Waals surface area contributed by atoms with Gasteiger partial charge in [0.25, 0.3) is 11.8 Å². The van der Waals surface area contributed by atoms with E-state index < -0.39 is 17.6 Å². The predicted molar refractivity (Wildman–Crippen MR) is 131 cm³/mol. The summed E-state index contributed by atoms with van der Waals surface area (Å²) in [6.45, 7) is 0. The van der Waals surface area contributed by atoms with Crippen molar-refractivity contribution < 1.29 is 14.0 Å². The molecule has 3 aromatic heterocycles. The van der Waals surface area contributed by atoms with Crippen LogP contribution in [0, 0.1) is 5.82 Å². The standard InChI is InChI=1S/C25H17FN6O2S/c26-16-11-12-18(28-24(33)19-9-4-5-13-27-19)20(15-16)29-25(34)22-30-23(21-10-6-14-35-21)32(31-22)17-7-2-1-3-8-17/h1-15H,(H,28,33)(H,29,34). The van der Waals surface area contributed by atoms with E-state index in [0.717, 1.165) is 16.6 Å². The number of nitrogens with one attached hydrogen (secondary N) is 2. The van der Waals surface area contributed by atoms with Gasteiger partial charge in [-0.1, -0.05) is 30.3 Å². The molecule has 0 unspecified atom stereocenters. The number of hydrogen-bond donors (Lipinski definition) is 2. The van der Waals surface area contributed by atoms with Crippen LogP contribution in [0.15, 0.2) is 90.4 Å². The number of aromatic nitrogens is 4. The summed E-state index contributed by atoms with van der Waals surface area (Å²) in [5, 5.41) is 11.6. The van der Waals surface area contributed by atoms with Crippen molar-refractivity contribution in [1.29, 1.82) is 0 Å². The molecule has 5 rings (SSSR count). The molecule has 0 aliphatic carbocycles. The number of rotatable bonds is 6. The van der Waals surface area contributed by atoms with E-state index in [4.69, 9.17) is 0 Å². The van der Waals surface area contributed by atoms with Crippen LogP contribution in [-0.2, 0) is 0 Å². The average molecular weight is 485 g/mol. The lowest BCUT2D eigenvalue weighted by Crippen LogP contribution is -2.18. The van der Waals surface area contributed by atoms with Crippen molar-refractivity contribution in [3.63, 3.8) is 0 Å².